The predicted molar refractivity (Wildman–Crippen MR) is 113 cm³/mol. The van der Waals surface area contributed by atoms with E-state index in [0.717, 1.165) is 25.7 Å². The van der Waals surface area contributed by atoms with Crippen LogP contribution in [0.15, 0.2) is 30.4 Å². The molecule has 0 aliphatic heterocycles. The Morgan fingerprint density at radius 2 is 1.76 bits per heavy atom. The molecule has 0 unspecified atom stereocenters. The quantitative estimate of drug-likeness (QED) is 0.319. The summed E-state index contributed by atoms with van der Waals surface area (Å²) in [6.45, 7) is 4.21. The van der Waals surface area contributed by atoms with Gasteiger partial charge in [0.05, 0.1) is 5.39 Å². The fraction of sp³-hybridized carbons (Fsp3) is 0.520. The van der Waals surface area contributed by atoms with Crippen LogP contribution in [0.1, 0.15) is 76.7 Å². The fourth-order valence-corrected chi connectivity index (χ4v) is 4.47. The maximum atomic E-state index is 14.9. The molecule has 0 bridgehead atoms. The summed E-state index contributed by atoms with van der Waals surface area (Å²) in [4.78, 5) is 0. The molecule has 0 atom stereocenters. The Morgan fingerprint density at radius 3 is 2.45 bits per heavy atom. The van der Waals surface area contributed by atoms with Gasteiger partial charge in [0.2, 0.25) is 0 Å². The minimum Gasteiger partial charge on any atom is -0.486 e. The van der Waals surface area contributed by atoms with Crippen molar-refractivity contribution in [3.63, 3.8) is 0 Å². The molecule has 0 aromatic heterocycles. The molecule has 0 spiro atoms. The lowest BCUT2D eigenvalue weighted by atomic mass is 9.76. The third-order valence-corrected chi connectivity index (χ3v) is 6.19. The topological polar surface area (TPSA) is 9.23 Å². The van der Waals surface area contributed by atoms with Crippen molar-refractivity contribution in [1.82, 2.24) is 0 Å². The Labute approximate surface area is 172 Å². The average molecular weight is 405 g/mol. The van der Waals surface area contributed by atoms with E-state index in [0.29, 0.717) is 16.9 Å². The van der Waals surface area contributed by atoms with Crippen molar-refractivity contribution < 1.29 is 17.9 Å². The van der Waals surface area contributed by atoms with Crippen molar-refractivity contribution in [1.29, 1.82) is 0 Å². The Morgan fingerprint density at radius 1 is 1.00 bits per heavy atom. The molecule has 1 aliphatic carbocycles. The third kappa shape index (κ3) is 4.96. The molecular weight excluding hydrogens is 373 g/mol. The average Bonchev–Trinajstić information content (AvgIpc) is 2.73. The number of allylic oxidation sites excluding steroid dienone is 1. The van der Waals surface area contributed by atoms with Crippen LogP contribution < -0.4 is 4.74 Å². The molecule has 1 fully saturated rings. The van der Waals surface area contributed by atoms with Crippen molar-refractivity contribution in [3.8, 4) is 5.75 Å². The highest BCUT2D eigenvalue weighted by atomic mass is 19.2. The van der Waals surface area contributed by atoms with Gasteiger partial charge in [0.25, 0.3) is 0 Å². The standard InChI is InChI=1S/C25H31F3O/c1-3-5-7-8-17-9-11-18(12-10-17)20-16-19-13-14-21(29-15-6-4-2)24(27)22(19)25(28)23(20)26/h4,6,13-14,16-18H,3,5,7-12,15H2,1-2H3. The molecule has 1 aliphatic rings. The smallest absolute Gasteiger partial charge is 0.175 e. The van der Waals surface area contributed by atoms with E-state index >= 15 is 0 Å². The first-order valence-corrected chi connectivity index (χ1v) is 10.9. The SMILES string of the molecule is CC=CCOc1ccc2cc(C3CCC(CCCCC)CC3)c(F)c(F)c2c1F. The summed E-state index contributed by atoms with van der Waals surface area (Å²) in [5, 5.41) is 0.0670. The number of ether oxygens (including phenoxy) is 1. The Kier molecular flexibility index (Phi) is 7.63. The number of hydrogen-bond acceptors (Lipinski definition) is 1. The normalized spacial score (nSPS) is 19.9. The summed E-state index contributed by atoms with van der Waals surface area (Å²) in [6.07, 6.45) is 12.3. The highest BCUT2D eigenvalue weighted by Gasteiger charge is 2.27. The van der Waals surface area contributed by atoms with Crippen LogP contribution in [0.4, 0.5) is 13.2 Å². The minimum atomic E-state index is -1.10. The molecule has 1 saturated carbocycles. The molecule has 2 aromatic rings. The zero-order valence-corrected chi connectivity index (χ0v) is 17.4. The highest BCUT2D eigenvalue weighted by molar-refractivity contribution is 5.86. The van der Waals surface area contributed by atoms with E-state index in [-0.39, 0.29) is 23.7 Å². The summed E-state index contributed by atoms with van der Waals surface area (Å²) in [7, 11) is 0. The van der Waals surface area contributed by atoms with Crippen molar-refractivity contribution in [2.24, 2.45) is 5.92 Å². The van der Waals surface area contributed by atoms with E-state index in [1.54, 1.807) is 24.3 Å². The molecule has 2 aromatic carbocycles. The van der Waals surface area contributed by atoms with E-state index in [1.807, 2.05) is 6.92 Å². The first-order valence-electron chi connectivity index (χ1n) is 10.9. The molecule has 0 amide bonds. The van der Waals surface area contributed by atoms with Gasteiger partial charge >= 0.3 is 0 Å². The summed E-state index contributed by atoms with van der Waals surface area (Å²) < 4.78 is 49.8. The summed E-state index contributed by atoms with van der Waals surface area (Å²) >= 11 is 0. The first kappa shape index (κ1) is 21.7. The van der Waals surface area contributed by atoms with E-state index in [4.69, 9.17) is 4.74 Å². The van der Waals surface area contributed by atoms with E-state index < -0.39 is 17.5 Å². The number of rotatable bonds is 8. The summed E-state index contributed by atoms with van der Waals surface area (Å²) in [5.41, 5.74) is 0.393. The number of benzene rings is 2. The largest absolute Gasteiger partial charge is 0.486 e. The second-order valence-corrected chi connectivity index (χ2v) is 8.16. The maximum Gasteiger partial charge on any atom is 0.175 e. The second-order valence-electron chi connectivity index (χ2n) is 8.16. The number of fused-ring (bicyclic) bond motifs is 1. The van der Waals surface area contributed by atoms with Crippen molar-refractivity contribution in [2.45, 2.75) is 71.1 Å². The monoisotopic (exact) mass is 404 g/mol. The van der Waals surface area contributed by atoms with Gasteiger partial charge in [0.1, 0.15) is 6.61 Å². The van der Waals surface area contributed by atoms with Gasteiger partial charge in [-0.2, -0.15) is 0 Å². The molecule has 0 N–H and O–H groups in total. The molecule has 3 rings (SSSR count). The molecule has 1 nitrogen and oxygen atoms in total. The molecule has 158 valence electrons. The van der Waals surface area contributed by atoms with Gasteiger partial charge in [-0.25, -0.2) is 13.2 Å². The van der Waals surface area contributed by atoms with Gasteiger partial charge in [0, 0.05) is 0 Å². The van der Waals surface area contributed by atoms with Gasteiger partial charge in [-0.1, -0.05) is 50.8 Å². The predicted octanol–water partition coefficient (Wildman–Crippen LogP) is 8.07. The fourth-order valence-electron chi connectivity index (χ4n) is 4.47. The number of hydrogen-bond donors (Lipinski definition) is 0. The van der Waals surface area contributed by atoms with E-state index in [2.05, 4.69) is 6.92 Å². The zero-order valence-electron chi connectivity index (χ0n) is 17.4. The van der Waals surface area contributed by atoms with Crippen molar-refractivity contribution in [3.05, 3.63) is 53.4 Å². The van der Waals surface area contributed by atoms with Crippen LogP contribution in [0, 0.1) is 23.4 Å². The van der Waals surface area contributed by atoms with E-state index in [1.165, 1.54) is 31.7 Å². The first-order chi connectivity index (χ1) is 14.1. The van der Waals surface area contributed by atoms with Crippen molar-refractivity contribution >= 4 is 10.8 Å². The molecule has 4 heteroatoms. The second kappa shape index (κ2) is 10.2. The zero-order chi connectivity index (χ0) is 20.8. The third-order valence-electron chi connectivity index (χ3n) is 6.19. The van der Waals surface area contributed by atoms with Gasteiger partial charge in [-0.05, 0) is 67.5 Å². The maximum absolute atomic E-state index is 14.9. The van der Waals surface area contributed by atoms with Crippen LogP contribution in [0.3, 0.4) is 0 Å². The number of unbranched alkanes of at least 4 members (excludes halogenated alkanes) is 2. The summed E-state index contributed by atoms with van der Waals surface area (Å²) in [6, 6.07) is 4.74. The van der Waals surface area contributed by atoms with Crippen LogP contribution in [0.5, 0.6) is 5.75 Å². The molecular formula is C25H31F3O. The Bertz CT molecular complexity index is 851. The van der Waals surface area contributed by atoms with Crippen LogP contribution in [0.2, 0.25) is 0 Å². The van der Waals surface area contributed by atoms with Crippen LogP contribution in [-0.4, -0.2) is 6.61 Å². The Balaban J connectivity index is 1.80. The van der Waals surface area contributed by atoms with Gasteiger partial charge < -0.3 is 4.74 Å². The van der Waals surface area contributed by atoms with Crippen LogP contribution in [-0.2, 0) is 0 Å². The van der Waals surface area contributed by atoms with Crippen LogP contribution in [0.25, 0.3) is 10.8 Å². The van der Waals surface area contributed by atoms with E-state index in [9.17, 15) is 13.2 Å². The molecule has 0 heterocycles. The van der Waals surface area contributed by atoms with Crippen molar-refractivity contribution in [2.75, 3.05) is 6.61 Å². The van der Waals surface area contributed by atoms with Crippen LogP contribution >= 0.6 is 0 Å². The summed E-state index contributed by atoms with van der Waals surface area (Å²) in [5.74, 6) is -2.21. The number of halogens is 3. The lowest BCUT2D eigenvalue weighted by molar-refractivity contribution is 0.298. The lowest BCUT2D eigenvalue weighted by Gasteiger charge is -2.29. The minimum absolute atomic E-state index is 0.00463. The van der Waals surface area contributed by atoms with Gasteiger partial charge in [0.15, 0.2) is 23.2 Å². The molecule has 0 radical (unpaired) electrons. The van der Waals surface area contributed by atoms with Gasteiger partial charge in [-0.15, -0.1) is 0 Å². The molecule has 0 saturated heterocycles. The lowest BCUT2D eigenvalue weighted by Crippen LogP contribution is -2.15. The molecule has 29 heavy (non-hydrogen) atoms. The Hall–Kier alpha value is -1.97. The highest BCUT2D eigenvalue weighted by Crippen LogP contribution is 2.41. The van der Waals surface area contributed by atoms with Gasteiger partial charge in [-0.3, -0.25) is 0 Å².